The minimum absolute atomic E-state index is 0. The quantitative estimate of drug-likeness (QED) is 0.553. The van der Waals surface area contributed by atoms with Gasteiger partial charge in [0.05, 0.1) is 0 Å². The second kappa shape index (κ2) is 7.81. The normalized spacial score (nSPS) is 15.2. The van der Waals surface area contributed by atoms with Crippen LogP contribution in [0.3, 0.4) is 0 Å². The van der Waals surface area contributed by atoms with Crippen LogP contribution in [0.5, 0.6) is 0 Å². The molecule has 0 spiro atoms. The molecule has 2 nitrogen and oxygen atoms in total. The summed E-state index contributed by atoms with van der Waals surface area (Å²) in [6, 6.07) is 17.3. The van der Waals surface area contributed by atoms with E-state index in [9.17, 15) is 0 Å². The number of para-hydroxylation sites is 2. The van der Waals surface area contributed by atoms with Gasteiger partial charge < -0.3 is 9.80 Å². The molecule has 22 heavy (non-hydrogen) atoms. The van der Waals surface area contributed by atoms with Crippen LogP contribution in [0.1, 0.15) is 24.0 Å². The van der Waals surface area contributed by atoms with Crippen LogP contribution >= 0.6 is 0 Å². The zero-order valence-corrected chi connectivity index (χ0v) is 14.8. The maximum Gasteiger partial charge on any atom is 0.0115 e. The van der Waals surface area contributed by atoms with Crippen molar-refractivity contribution < 1.29 is 20.4 Å². The van der Waals surface area contributed by atoms with Crippen molar-refractivity contribution in [2.45, 2.75) is 26.7 Å². The summed E-state index contributed by atoms with van der Waals surface area (Å²) < 4.78 is 0. The van der Waals surface area contributed by atoms with E-state index in [-0.39, 0.29) is 20.4 Å². The maximum absolute atomic E-state index is 2.40. The molecule has 0 atom stereocenters. The van der Waals surface area contributed by atoms with Crippen LogP contribution < -0.4 is 9.80 Å². The van der Waals surface area contributed by atoms with Crippen molar-refractivity contribution in [1.29, 1.82) is 0 Å². The third-order valence-electron chi connectivity index (χ3n) is 4.18. The topological polar surface area (TPSA) is 6.48 Å². The smallest absolute Gasteiger partial charge is 0.0115 e. The Bertz CT molecular complexity index is 558. The fourth-order valence-electron chi connectivity index (χ4n) is 2.98. The van der Waals surface area contributed by atoms with Gasteiger partial charge in [-0.15, -0.1) is 0 Å². The fraction of sp³-hybridized carbons (Fsp3) is 0.316. The van der Waals surface area contributed by atoms with Gasteiger partial charge in [0.15, 0.2) is 0 Å². The van der Waals surface area contributed by atoms with Crippen molar-refractivity contribution in [3.8, 4) is 0 Å². The summed E-state index contributed by atoms with van der Waals surface area (Å²) in [7, 11) is 0. The van der Waals surface area contributed by atoms with E-state index in [1.54, 1.807) is 0 Å². The van der Waals surface area contributed by atoms with Crippen LogP contribution in [0.2, 0.25) is 0 Å². The van der Waals surface area contributed by atoms with Gasteiger partial charge in [0.25, 0.3) is 0 Å². The molecule has 1 saturated heterocycles. The number of rotatable bonds is 2. The molecule has 1 aliphatic rings. The first-order chi connectivity index (χ1) is 10.3. The van der Waals surface area contributed by atoms with E-state index >= 15 is 0 Å². The van der Waals surface area contributed by atoms with Crippen molar-refractivity contribution in [3.05, 3.63) is 66.3 Å². The van der Waals surface area contributed by atoms with Crippen molar-refractivity contribution in [2.75, 3.05) is 22.9 Å². The summed E-state index contributed by atoms with van der Waals surface area (Å²) >= 11 is 0. The van der Waals surface area contributed by atoms with Gasteiger partial charge in [-0.05, 0) is 63.0 Å². The average molecular weight is 386 g/mol. The molecule has 2 aromatic carbocycles. The fourth-order valence-corrected chi connectivity index (χ4v) is 2.98. The van der Waals surface area contributed by atoms with Crippen molar-refractivity contribution in [2.24, 2.45) is 0 Å². The summed E-state index contributed by atoms with van der Waals surface area (Å²) in [4.78, 5) is 4.80. The van der Waals surface area contributed by atoms with Gasteiger partial charge in [0.1, 0.15) is 0 Å². The van der Waals surface area contributed by atoms with Crippen LogP contribution in [0.25, 0.3) is 0 Å². The first-order valence-corrected chi connectivity index (χ1v) is 7.75. The van der Waals surface area contributed by atoms with Crippen LogP contribution in [0, 0.1) is 20.5 Å². The summed E-state index contributed by atoms with van der Waals surface area (Å²) in [5.74, 6) is 0. The number of hydrogen-bond donors (Lipinski definition) is 0. The van der Waals surface area contributed by atoms with Gasteiger partial charge in [-0.2, -0.15) is 6.67 Å². The molecule has 1 heterocycles. The molecule has 0 radical (unpaired) electrons. The number of aryl methyl sites for hydroxylation is 2. The Balaban J connectivity index is 0.00000176. The molecular formula is C19H23N2Pd-. The first-order valence-electron chi connectivity index (χ1n) is 7.75. The third kappa shape index (κ3) is 3.72. The maximum atomic E-state index is 2.40. The standard InChI is InChI=1S/C19H23N2.Pd/c1-16-9-3-5-11-18(16)20-13-7-8-14-21(15-20)19-12-6-4-10-17(19)2;/h3-6,9-12,15H,7-8,13-14H2,1-2H3;/q-1;. The number of anilines is 2. The van der Waals surface area contributed by atoms with E-state index in [2.05, 4.69) is 78.8 Å². The second-order valence-corrected chi connectivity index (χ2v) is 5.78. The van der Waals surface area contributed by atoms with E-state index in [1.807, 2.05) is 0 Å². The largest absolute Gasteiger partial charge is 0.503 e. The zero-order valence-electron chi connectivity index (χ0n) is 13.2. The van der Waals surface area contributed by atoms with Crippen molar-refractivity contribution in [1.82, 2.24) is 0 Å². The van der Waals surface area contributed by atoms with Crippen LogP contribution in [-0.2, 0) is 20.4 Å². The molecule has 1 fully saturated rings. The van der Waals surface area contributed by atoms with E-state index in [0.717, 1.165) is 13.1 Å². The van der Waals surface area contributed by atoms with Gasteiger partial charge in [0.2, 0.25) is 0 Å². The van der Waals surface area contributed by atoms with Gasteiger partial charge in [-0.25, -0.2) is 0 Å². The molecule has 0 amide bonds. The van der Waals surface area contributed by atoms with Crippen molar-refractivity contribution in [3.63, 3.8) is 0 Å². The van der Waals surface area contributed by atoms with Crippen LogP contribution in [-0.4, -0.2) is 13.1 Å². The molecule has 1 aliphatic heterocycles. The Morgan fingerprint density at radius 1 is 0.727 bits per heavy atom. The summed E-state index contributed by atoms with van der Waals surface area (Å²) in [6.07, 6.45) is 2.46. The predicted octanol–water partition coefficient (Wildman–Crippen LogP) is 4.53. The minimum atomic E-state index is 0. The Morgan fingerprint density at radius 3 is 1.55 bits per heavy atom. The number of benzene rings is 2. The molecule has 3 heteroatoms. The second-order valence-electron chi connectivity index (χ2n) is 5.78. The molecule has 3 rings (SSSR count). The molecule has 0 unspecified atom stereocenters. The summed E-state index contributed by atoms with van der Waals surface area (Å²) in [5.41, 5.74) is 5.30. The Labute approximate surface area is 147 Å². The first kappa shape index (κ1) is 17.1. The molecule has 0 bridgehead atoms. The average Bonchev–Trinajstić information content (AvgIpc) is 2.74. The molecule has 2 aromatic rings. The Kier molecular flexibility index (Phi) is 6.06. The third-order valence-corrected chi connectivity index (χ3v) is 4.18. The van der Waals surface area contributed by atoms with Gasteiger partial charge in [-0.1, -0.05) is 36.4 Å². The Morgan fingerprint density at radius 2 is 1.14 bits per heavy atom. The zero-order chi connectivity index (χ0) is 14.7. The predicted molar refractivity (Wildman–Crippen MR) is 90.6 cm³/mol. The summed E-state index contributed by atoms with van der Waals surface area (Å²) in [5, 5.41) is 0. The number of hydrogen-bond acceptors (Lipinski definition) is 2. The molecule has 0 aliphatic carbocycles. The van der Waals surface area contributed by atoms with Gasteiger partial charge >= 0.3 is 0 Å². The molecule has 0 N–H and O–H groups in total. The molecule has 120 valence electrons. The van der Waals surface area contributed by atoms with Gasteiger partial charge in [-0.3, -0.25) is 0 Å². The molecule has 0 aromatic heterocycles. The van der Waals surface area contributed by atoms with Crippen LogP contribution in [0.4, 0.5) is 11.4 Å². The van der Waals surface area contributed by atoms with Gasteiger partial charge in [0, 0.05) is 31.8 Å². The van der Waals surface area contributed by atoms with E-state index in [1.165, 1.54) is 35.3 Å². The Hall–Kier alpha value is -1.30. The van der Waals surface area contributed by atoms with E-state index < -0.39 is 0 Å². The number of nitrogens with zero attached hydrogens (tertiary/aromatic N) is 2. The van der Waals surface area contributed by atoms with Crippen molar-refractivity contribution >= 4 is 11.4 Å². The van der Waals surface area contributed by atoms with E-state index in [4.69, 9.17) is 0 Å². The molecular weight excluding hydrogens is 363 g/mol. The van der Waals surface area contributed by atoms with E-state index in [0.29, 0.717) is 0 Å². The summed E-state index contributed by atoms with van der Waals surface area (Å²) in [6.45, 7) is 8.84. The minimum Gasteiger partial charge on any atom is -0.503 e. The monoisotopic (exact) mass is 385 g/mol. The SMILES string of the molecule is Cc1ccccc1N1[CH-]N(c2ccccc2C)CCCC1.[Pd]. The van der Waals surface area contributed by atoms with Crippen LogP contribution in [0.15, 0.2) is 48.5 Å². The molecule has 0 saturated carbocycles.